The molecule has 1 aromatic heterocycles. The van der Waals surface area contributed by atoms with E-state index < -0.39 is 58.5 Å². The SMILES string of the molecule is Cc1cc(C(F)(F)F)c(C#N)c(SCC(=O)N2c3ccccc3NC(=O)CC2C(F)(F)F)n1. The highest BCUT2D eigenvalue weighted by Crippen LogP contribution is 2.39. The van der Waals surface area contributed by atoms with Crippen molar-refractivity contribution in [1.29, 1.82) is 5.26 Å². The molecule has 2 amide bonds. The fourth-order valence-electron chi connectivity index (χ4n) is 3.28. The Balaban J connectivity index is 1.99. The minimum Gasteiger partial charge on any atom is -0.324 e. The van der Waals surface area contributed by atoms with Gasteiger partial charge in [-0.15, -0.1) is 0 Å². The van der Waals surface area contributed by atoms with Crippen LogP contribution >= 0.6 is 11.8 Å². The number of aromatic nitrogens is 1. The number of carbonyl (C=O) groups is 2. The van der Waals surface area contributed by atoms with Crippen molar-refractivity contribution in [2.24, 2.45) is 0 Å². The van der Waals surface area contributed by atoms with Crippen molar-refractivity contribution < 1.29 is 35.9 Å². The second kappa shape index (κ2) is 8.93. The largest absolute Gasteiger partial charge is 0.417 e. The number of amides is 2. The summed E-state index contributed by atoms with van der Waals surface area (Å²) < 4.78 is 81.1. The summed E-state index contributed by atoms with van der Waals surface area (Å²) in [6.07, 6.45) is -10.9. The van der Waals surface area contributed by atoms with Crippen molar-refractivity contribution in [1.82, 2.24) is 4.98 Å². The average Bonchev–Trinajstić information content (AvgIpc) is 2.86. The van der Waals surface area contributed by atoms with Gasteiger partial charge < -0.3 is 5.32 Å². The molecule has 0 saturated carbocycles. The number of hydrogen-bond donors (Lipinski definition) is 1. The van der Waals surface area contributed by atoms with Crippen molar-refractivity contribution in [3.8, 4) is 6.07 Å². The van der Waals surface area contributed by atoms with Crippen LogP contribution in [0.3, 0.4) is 0 Å². The summed E-state index contributed by atoms with van der Waals surface area (Å²) in [6, 6.07) is 4.97. The van der Waals surface area contributed by atoms with E-state index in [-0.39, 0.29) is 17.1 Å². The van der Waals surface area contributed by atoms with Gasteiger partial charge in [-0.2, -0.15) is 31.6 Å². The number of rotatable bonds is 3. The van der Waals surface area contributed by atoms with Crippen LogP contribution in [0, 0.1) is 18.3 Å². The predicted octanol–water partition coefficient (Wildman–Crippen LogP) is 4.68. The van der Waals surface area contributed by atoms with Gasteiger partial charge in [0.25, 0.3) is 0 Å². The summed E-state index contributed by atoms with van der Waals surface area (Å²) >= 11 is 0.415. The van der Waals surface area contributed by atoms with Gasteiger partial charge in [-0.05, 0) is 25.1 Å². The van der Waals surface area contributed by atoms with Gasteiger partial charge in [0.05, 0.1) is 34.7 Å². The van der Waals surface area contributed by atoms with Crippen molar-refractivity contribution >= 4 is 35.0 Å². The first-order valence-corrected chi connectivity index (χ1v) is 10.2. The molecule has 1 aliphatic heterocycles. The number of nitriles is 1. The number of alkyl halides is 6. The highest BCUT2D eigenvalue weighted by atomic mass is 32.2. The molecule has 0 spiro atoms. The van der Waals surface area contributed by atoms with Gasteiger partial charge in [0, 0.05) is 5.69 Å². The zero-order valence-electron chi connectivity index (χ0n) is 16.7. The number of halogens is 6. The van der Waals surface area contributed by atoms with Crippen molar-refractivity contribution in [2.75, 3.05) is 16.0 Å². The second-order valence-electron chi connectivity index (χ2n) is 6.98. The summed E-state index contributed by atoms with van der Waals surface area (Å²) in [5.74, 6) is -2.82. The van der Waals surface area contributed by atoms with Gasteiger partial charge in [-0.1, -0.05) is 23.9 Å². The molecule has 1 aromatic carbocycles. The third-order valence-electron chi connectivity index (χ3n) is 4.64. The quantitative estimate of drug-likeness (QED) is 0.501. The van der Waals surface area contributed by atoms with E-state index in [0.717, 1.165) is 0 Å². The fraction of sp³-hybridized carbons (Fsp3) is 0.300. The third kappa shape index (κ3) is 5.22. The van der Waals surface area contributed by atoms with Gasteiger partial charge in [0.2, 0.25) is 11.8 Å². The van der Waals surface area contributed by atoms with Gasteiger partial charge >= 0.3 is 12.4 Å². The van der Waals surface area contributed by atoms with E-state index in [9.17, 15) is 41.2 Å². The molecule has 0 aliphatic carbocycles. The van der Waals surface area contributed by atoms with E-state index in [1.54, 1.807) is 0 Å². The number of pyridine rings is 1. The Bertz CT molecular complexity index is 1140. The lowest BCUT2D eigenvalue weighted by molar-refractivity contribution is -0.157. The Morgan fingerprint density at radius 1 is 1.27 bits per heavy atom. The summed E-state index contributed by atoms with van der Waals surface area (Å²) in [7, 11) is 0. The molecule has 0 saturated heterocycles. The number of anilines is 2. The summed E-state index contributed by atoms with van der Waals surface area (Å²) in [6.45, 7) is 1.25. The summed E-state index contributed by atoms with van der Waals surface area (Å²) in [4.78, 5) is 29.2. The number of benzene rings is 1. The molecule has 1 aliphatic rings. The standard InChI is InChI=1S/C20H14F6N4O2S/c1-10-6-12(19(21,22)23)11(8-27)18(28-10)33-9-17(32)30-14-5-3-2-4-13(14)29-16(31)7-15(30)20(24,25)26/h2-6,15H,7,9H2,1H3,(H,29,31). The predicted molar refractivity (Wildman–Crippen MR) is 106 cm³/mol. The smallest absolute Gasteiger partial charge is 0.324 e. The highest BCUT2D eigenvalue weighted by molar-refractivity contribution is 8.00. The molecule has 1 unspecified atom stereocenters. The topological polar surface area (TPSA) is 86.1 Å². The number of nitrogens with one attached hydrogen (secondary N) is 1. The van der Waals surface area contributed by atoms with E-state index in [0.29, 0.717) is 22.7 Å². The Hall–Kier alpha value is -3.27. The minimum absolute atomic E-state index is 0.0154. The van der Waals surface area contributed by atoms with Crippen LogP contribution in [0.5, 0.6) is 0 Å². The van der Waals surface area contributed by atoms with Crippen LogP contribution in [0.1, 0.15) is 23.2 Å². The van der Waals surface area contributed by atoms with Gasteiger partial charge in [-0.25, -0.2) is 4.98 Å². The number of thioether (sulfide) groups is 1. The lowest BCUT2D eigenvalue weighted by atomic mass is 10.1. The first-order valence-electron chi connectivity index (χ1n) is 9.22. The molecule has 2 aromatic rings. The van der Waals surface area contributed by atoms with Gasteiger partial charge in [0.1, 0.15) is 17.1 Å². The van der Waals surface area contributed by atoms with Crippen LogP contribution in [0.25, 0.3) is 0 Å². The Labute approximate surface area is 187 Å². The molecule has 3 rings (SSSR count). The molecule has 174 valence electrons. The summed E-state index contributed by atoms with van der Waals surface area (Å²) in [5.41, 5.74) is -2.38. The first-order chi connectivity index (χ1) is 15.3. The molecule has 13 heteroatoms. The Morgan fingerprint density at radius 2 is 1.94 bits per heavy atom. The van der Waals surface area contributed by atoms with Gasteiger partial charge in [-0.3, -0.25) is 14.5 Å². The molecule has 0 fully saturated rings. The molecule has 1 atom stereocenters. The van der Waals surface area contributed by atoms with Crippen LogP contribution in [0.15, 0.2) is 35.4 Å². The Kier molecular flexibility index (Phi) is 6.60. The maximum atomic E-state index is 13.8. The van der Waals surface area contributed by atoms with E-state index in [1.807, 2.05) is 0 Å². The molecule has 2 heterocycles. The van der Waals surface area contributed by atoms with Crippen LogP contribution < -0.4 is 10.2 Å². The normalized spacial score (nSPS) is 16.5. The fourth-order valence-corrected chi connectivity index (χ4v) is 4.18. The van der Waals surface area contributed by atoms with E-state index >= 15 is 0 Å². The third-order valence-corrected chi connectivity index (χ3v) is 5.60. The maximum absolute atomic E-state index is 13.8. The van der Waals surface area contributed by atoms with E-state index in [2.05, 4.69) is 10.3 Å². The molecule has 0 radical (unpaired) electrons. The first kappa shape index (κ1) is 24.4. The van der Waals surface area contributed by atoms with Crippen LogP contribution in [0.2, 0.25) is 0 Å². The van der Waals surface area contributed by atoms with Crippen molar-refractivity contribution in [3.05, 3.63) is 47.2 Å². The Morgan fingerprint density at radius 3 is 2.55 bits per heavy atom. The molecular weight excluding hydrogens is 474 g/mol. The van der Waals surface area contributed by atoms with Gasteiger partial charge in [0.15, 0.2) is 0 Å². The lowest BCUT2D eigenvalue weighted by Gasteiger charge is -2.31. The monoisotopic (exact) mass is 488 g/mol. The lowest BCUT2D eigenvalue weighted by Crippen LogP contribution is -2.50. The van der Waals surface area contributed by atoms with Crippen LogP contribution in [-0.4, -0.2) is 34.8 Å². The molecule has 0 bridgehead atoms. The zero-order chi connectivity index (χ0) is 24.6. The average molecular weight is 488 g/mol. The van der Waals surface area contributed by atoms with Crippen molar-refractivity contribution in [2.45, 2.75) is 36.8 Å². The summed E-state index contributed by atoms with van der Waals surface area (Å²) in [5, 5.41) is 11.1. The molecular formula is C20H14F6N4O2S. The zero-order valence-corrected chi connectivity index (χ0v) is 17.5. The number of nitrogens with zero attached hydrogens (tertiary/aromatic N) is 3. The van der Waals surface area contributed by atoms with Crippen LogP contribution in [-0.2, 0) is 15.8 Å². The number of fused-ring (bicyclic) bond motifs is 1. The van der Waals surface area contributed by atoms with Crippen LogP contribution in [0.4, 0.5) is 37.7 Å². The van der Waals surface area contributed by atoms with Crippen molar-refractivity contribution in [3.63, 3.8) is 0 Å². The minimum atomic E-state index is -4.96. The van der Waals surface area contributed by atoms with E-state index in [4.69, 9.17) is 0 Å². The van der Waals surface area contributed by atoms with E-state index in [1.165, 1.54) is 37.3 Å². The number of hydrogen-bond acceptors (Lipinski definition) is 5. The molecule has 1 N–H and O–H groups in total. The maximum Gasteiger partial charge on any atom is 0.417 e. The molecule has 6 nitrogen and oxygen atoms in total. The number of para-hydroxylation sites is 2. The number of aryl methyl sites for hydroxylation is 1. The highest BCUT2D eigenvalue weighted by Gasteiger charge is 2.49. The second-order valence-corrected chi connectivity index (χ2v) is 7.94. The molecule has 33 heavy (non-hydrogen) atoms. The number of carbonyl (C=O) groups excluding carboxylic acids is 2.